The molecule has 0 spiro atoms. The van der Waals surface area contributed by atoms with Crippen LogP contribution in [0.15, 0.2) is 54.7 Å². The van der Waals surface area contributed by atoms with E-state index in [0.29, 0.717) is 16.3 Å². The van der Waals surface area contributed by atoms with Crippen LogP contribution in [-0.4, -0.2) is 37.1 Å². The number of anilines is 1. The number of ether oxygens (including phenoxy) is 1. The van der Waals surface area contributed by atoms with E-state index in [0.717, 1.165) is 36.8 Å². The summed E-state index contributed by atoms with van der Waals surface area (Å²) in [5.41, 5.74) is 2.69. The van der Waals surface area contributed by atoms with Crippen molar-refractivity contribution in [2.75, 3.05) is 25.1 Å². The third kappa shape index (κ3) is 3.90. The number of aromatic nitrogens is 1. The monoisotopic (exact) mass is 395 g/mol. The van der Waals surface area contributed by atoms with Crippen molar-refractivity contribution in [3.8, 4) is 5.75 Å². The summed E-state index contributed by atoms with van der Waals surface area (Å²) in [6.45, 7) is 1.76. The molecule has 0 unspecified atom stereocenters. The van der Waals surface area contributed by atoms with Gasteiger partial charge in [-0.3, -0.25) is 9.78 Å². The van der Waals surface area contributed by atoms with E-state index in [4.69, 9.17) is 16.3 Å². The molecule has 2 heterocycles. The van der Waals surface area contributed by atoms with Crippen LogP contribution < -0.4 is 15.0 Å². The van der Waals surface area contributed by atoms with Gasteiger partial charge in [-0.1, -0.05) is 17.7 Å². The van der Waals surface area contributed by atoms with Gasteiger partial charge in [0.05, 0.1) is 12.6 Å². The van der Waals surface area contributed by atoms with Crippen LogP contribution in [0.5, 0.6) is 5.75 Å². The van der Waals surface area contributed by atoms with Crippen molar-refractivity contribution in [1.29, 1.82) is 0 Å². The molecule has 28 heavy (non-hydrogen) atoms. The Bertz CT molecular complexity index is 1000. The van der Waals surface area contributed by atoms with Crippen molar-refractivity contribution in [3.05, 3.63) is 65.3 Å². The molecule has 1 amide bonds. The Kier molecular flexibility index (Phi) is 5.35. The van der Waals surface area contributed by atoms with E-state index in [1.807, 2.05) is 42.6 Å². The second-order valence-corrected chi connectivity index (χ2v) is 7.39. The topological polar surface area (TPSA) is 54.5 Å². The van der Waals surface area contributed by atoms with E-state index < -0.39 is 0 Å². The van der Waals surface area contributed by atoms with Crippen LogP contribution in [0.1, 0.15) is 23.2 Å². The van der Waals surface area contributed by atoms with Gasteiger partial charge in [-0.05, 0) is 55.3 Å². The summed E-state index contributed by atoms with van der Waals surface area (Å²) in [5, 5.41) is 4.95. The van der Waals surface area contributed by atoms with Gasteiger partial charge in [-0.2, -0.15) is 0 Å². The summed E-state index contributed by atoms with van der Waals surface area (Å²) in [6, 6.07) is 15.3. The standard InChI is InChI=1S/C22H22ClN3O2/c1-28-18-4-2-3-15(13-18)22(27)25-17-8-11-26(12-9-17)21-7-10-24-20-14-16(23)5-6-19(20)21/h2-7,10,13-14,17H,8-9,11-12H2,1H3,(H,25,27). The highest BCUT2D eigenvalue weighted by Gasteiger charge is 2.22. The summed E-state index contributed by atoms with van der Waals surface area (Å²) >= 11 is 6.09. The minimum absolute atomic E-state index is 0.0543. The van der Waals surface area contributed by atoms with Gasteiger partial charge in [-0.15, -0.1) is 0 Å². The summed E-state index contributed by atoms with van der Waals surface area (Å²) in [4.78, 5) is 19.3. The summed E-state index contributed by atoms with van der Waals surface area (Å²) in [7, 11) is 1.60. The Morgan fingerprint density at radius 2 is 2.00 bits per heavy atom. The first-order valence-corrected chi connectivity index (χ1v) is 9.76. The average molecular weight is 396 g/mol. The number of methoxy groups -OCH3 is 1. The first-order chi connectivity index (χ1) is 13.6. The first kappa shape index (κ1) is 18.6. The van der Waals surface area contributed by atoms with Crippen molar-refractivity contribution >= 4 is 34.1 Å². The molecule has 1 fully saturated rings. The molecule has 1 aromatic heterocycles. The molecular weight excluding hydrogens is 374 g/mol. The number of rotatable bonds is 4. The molecule has 1 saturated heterocycles. The van der Waals surface area contributed by atoms with Gasteiger partial charge in [0.15, 0.2) is 0 Å². The third-order valence-electron chi connectivity index (χ3n) is 5.18. The van der Waals surface area contributed by atoms with E-state index >= 15 is 0 Å². The van der Waals surface area contributed by atoms with E-state index in [1.165, 1.54) is 5.69 Å². The number of benzene rings is 2. The zero-order valence-corrected chi connectivity index (χ0v) is 16.4. The highest BCUT2D eigenvalue weighted by Crippen LogP contribution is 2.29. The van der Waals surface area contributed by atoms with E-state index in [9.17, 15) is 4.79 Å². The molecule has 3 aromatic rings. The lowest BCUT2D eigenvalue weighted by atomic mass is 10.0. The molecular formula is C22H22ClN3O2. The Labute approximate surface area is 169 Å². The number of nitrogens with zero attached hydrogens (tertiary/aromatic N) is 2. The lowest BCUT2D eigenvalue weighted by Crippen LogP contribution is -2.44. The number of hydrogen-bond donors (Lipinski definition) is 1. The predicted octanol–water partition coefficient (Wildman–Crippen LogP) is 4.30. The van der Waals surface area contributed by atoms with E-state index in [1.54, 1.807) is 19.2 Å². The number of piperidine rings is 1. The van der Waals surface area contributed by atoms with Gasteiger partial charge in [0.2, 0.25) is 0 Å². The maximum absolute atomic E-state index is 12.5. The number of hydrogen-bond acceptors (Lipinski definition) is 4. The largest absolute Gasteiger partial charge is 0.497 e. The Balaban J connectivity index is 1.42. The molecule has 2 aromatic carbocycles. The van der Waals surface area contributed by atoms with Crippen LogP contribution in [0, 0.1) is 0 Å². The number of carbonyl (C=O) groups is 1. The van der Waals surface area contributed by atoms with Crippen molar-refractivity contribution in [2.45, 2.75) is 18.9 Å². The van der Waals surface area contributed by atoms with E-state index in [-0.39, 0.29) is 11.9 Å². The highest BCUT2D eigenvalue weighted by molar-refractivity contribution is 6.31. The second kappa shape index (κ2) is 8.07. The molecule has 1 aliphatic heterocycles. The maximum Gasteiger partial charge on any atom is 0.251 e. The minimum Gasteiger partial charge on any atom is -0.497 e. The predicted molar refractivity (Wildman–Crippen MR) is 112 cm³/mol. The van der Waals surface area contributed by atoms with Crippen molar-refractivity contribution < 1.29 is 9.53 Å². The van der Waals surface area contributed by atoms with Crippen LogP contribution in [0.4, 0.5) is 5.69 Å². The first-order valence-electron chi connectivity index (χ1n) is 9.38. The third-order valence-corrected chi connectivity index (χ3v) is 5.42. The summed E-state index contributed by atoms with van der Waals surface area (Å²) < 4.78 is 5.20. The van der Waals surface area contributed by atoms with E-state index in [2.05, 4.69) is 15.2 Å². The summed E-state index contributed by atoms with van der Waals surface area (Å²) in [5.74, 6) is 0.633. The molecule has 6 heteroatoms. The zero-order chi connectivity index (χ0) is 19.5. The van der Waals surface area contributed by atoms with Crippen LogP contribution >= 0.6 is 11.6 Å². The fraction of sp³-hybridized carbons (Fsp3) is 0.273. The molecule has 1 aliphatic rings. The molecule has 1 N–H and O–H groups in total. The van der Waals surface area contributed by atoms with Crippen LogP contribution in [0.3, 0.4) is 0 Å². The lowest BCUT2D eigenvalue weighted by Gasteiger charge is -2.34. The van der Waals surface area contributed by atoms with Gasteiger partial charge in [-0.25, -0.2) is 0 Å². The Morgan fingerprint density at radius 1 is 1.18 bits per heavy atom. The smallest absolute Gasteiger partial charge is 0.251 e. The number of fused-ring (bicyclic) bond motifs is 1. The number of halogens is 1. The van der Waals surface area contributed by atoms with Gasteiger partial charge < -0.3 is 15.0 Å². The lowest BCUT2D eigenvalue weighted by molar-refractivity contribution is 0.0931. The van der Waals surface area contributed by atoms with Crippen LogP contribution in [0.25, 0.3) is 10.9 Å². The summed E-state index contributed by atoms with van der Waals surface area (Å²) in [6.07, 6.45) is 3.62. The number of pyridine rings is 1. The number of amides is 1. The Hall–Kier alpha value is -2.79. The second-order valence-electron chi connectivity index (χ2n) is 6.96. The fourth-order valence-electron chi connectivity index (χ4n) is 3.68. The van der Waals surface area contributed by atoms with Gasteiger partial charge in [0.1, 0.15) is 5.75 Å². The zero-order valence-electron chi connectivity index (χ0n) is 15.7. The molecule has 0 aliphatic carbocycles. The van der Waals surface area contributed by atoms with Crippen LogP contribution in [-0.2, 0) is 0 Å². The molecule has 5 nitrogen and oxygen atoms in total. The molecule has 4 rings (SSSR count). The molecule has 0 atom stereocenters. The minimum atomic E-state index is -0.0543. The SMILES string of the molecule is COc1cccc(C(=O)NC2CCN(c3ccnc4cc(Cl)ccc34)CC2)c1. The molecule has 0 bridgehead atoms. The molecule has 144 valence electrons. The highest BCUT2D eigenvalue weighted by atomic mass is 35.5. The van der Waals surface area contributed by atoms with Crippen molar-refractivity contribution in [1.82, 2.24) is 10.3 Å². The fourth-order valence-corrected chi connectivity index (χ4v) is 3.85. The molecule has 0 radical (unpaired) electrons. The van der Waals surface area contributed by atoms with Gasteiger partial charge in [0.25, 0.3) is 5.91 Å². The van der Waals surface area contributed by atoms with Crippen molar-refractivity contribution in [3.63, 3.8) is 0 Å². The normalized spacial score (nSPS) is 14.9. The number of carbonyl (C=O) groups excluding carboxylic acids is 1. The van der Waals surface area contributed by atoms with Gasteiger partial charge >= 0.3 is 0 Å². The van der Waals surface area contributed by atoms with Gasteiger partial charge in [0, 0.05) is 47.0 Å². The Morgan fingerprint density at radius 3 is 2.79 bits per heavy atom. The van der Waals surface area contributed by atoms with Crippen molar-refractivity contribution in [2.24, 2.45) is 0 Å². The quantitative estimate of drug-likeness (QED) is 0.715. The maximum atomic E-state index is 12.5. The molecule has 0 saturated carbocycles. The number of nitrogens with one attached hydrogen (secondary N) is 1. The average Bonchev–Trinajstić information content (AvgIpc) is 2.73. The van der Waals surface area contributed by atoms with Crippen LogP contribution in [0.2, 0.25) is 5.02 Å².